The van der Waals surface area contributed by atoms with Crippen LogP contribution in [0.4, 0.5) is 0 Å². The Hall–Kier alpha value is -4.13. The fourth-order valence-corrected chi connectivity index (χ4v) is 3.58. The van der Waals surface area contributed by atoms with Gasteiger partial charge >= 0.3 is 0 Å². The minimum atomic E-state index is -0.216. The molecular weight excluding hydrogens is 406 g/mol. The van der Waals surface area contributed by atoms with Gasteiger partial charge in [0.25, 0.3) is 11.5 Å². The first-order chi connectivity index (χ1) is 15.5. The lowest BCUT2D eigenvalue weighted by Gasteiger charge is -2.12. The molecule has 3 aromatic carbocycles. The summed E-state index contributed by atoms with van der Waals surface area (Å²) < 4.78 is 12.1. The van der Waals surface area contributed by atoms with Crippen molar-refractivity contribution in [1.29, 1.82) is 0 Å². The predicted octanol–water partition coefficient (Wildman–Crippen LogP) is 3.64. The first kappa shape index (κ1) is 21.1. The van der Waals surface area contributed by atoms with Crippen molar-refractivity contribution in [2.45, 2.75) is 13.5 Å². The lowest BCUT2D eigenvalue weighted by atomic mass is 10.1. The lowest BCUT2D eigenvalue weighted by Crippen LogP contribution is -2.24. The number of benzene rings is 3. The monoisotopic (exact) mass is 429 g/mol. The molecule has 0 fully saturated rings. The Balaban J connectivity index is 1.52. The molecular formula is C25H23N3O4. The van der Waals surface area contributed by atoms with E-state index in [0.717, 1.165) is 5.56 Å². The van der Waals surface area contributed by atoms with Crippen LogP contribution in [0, 0.1) is 6.92 Å². The van der Waals surface area contributed by atoms with Crippen LogP contribution in [-0.4, -0.2) is 29.7 Å². The molecule has 0 aliphatic rings. The van der Waals surface area contributed by atoms with Crippen molar-refractivity contribution in [3.63, 3.8) is 0 Å². The van der Waals surface area contributed by atoms with Gasteiger partial charge in [0.2, 0.25) is 0 Å². The number of carbonyl (C=O) groups excluding carboxylic acids is 1. The number of hydrogen-bond acceptors (Lipinski definition) is 5. The SMILES string of the molecule is COc1ccc(CNC(=O)c2ccc(-n3c(C)nc4ccccc4c3=O)cc2)cc1OC. The Labute approximate surface area is 185 Å². The molecule has 0 radical (unpaired) electrons. The summed E-state index contributed by atoms with van der Waals surface area (Å²) in [6, 6.07) is 19.6. The van der Waals surface area contributed by atoms with Crippen molar-refractivity contribution >= 4 is 16.8 Å². The van der Waals surface area contributed by atoms with Gasteiger partial charge in [-0.15, -0.1) is 0 Å². The van der Waals surface area contributed by atoms with E-state index in [4.69, 9.17) is 9.47 Å². The van der Waals surface area contributed by atoms with Crippen molar-refractivity contribution in [2.75, 3.05) is 14.2 Å². The van der Waals surface area contributed by atoms with Crippen LogP contribution >= 0.6 is 0 Å². The average molecular weight is 429 g/mol. The maximum Gasteiger partial charge on any atom is 0.265 e. The Kier molecular flexibility index (Phi) is 5.89. The van der Waals surface area contributed by atoms with Crippen LogP contribution in [0.2, 0.25) is 0 Å². The number of methoxy groups -OCH3 is 2. The average Bonchev–Trinajstić information content (AvgIpc) is 2.82. The van der Waals surface area contributed by atoms with Crippen molar-refractivity contribution in [1.82, 2.24) is 14.9 Å². The zero-order chi connectivity index (χ0) is 22.7. The van der Waals surface area contributed by atoms with Crippen molar-refractivity contribution < 1.29 is 14.3 Å². The molecule has 1 N–H and O–H groups in total. The molecule has 0 saturated heterocycles. The van der Waals surface area contributed by atoms with Crippen LogP contribution in [0.5, 0.6) is 11.5 Å². The molecule has 0 aliphatic heterocycles. The highest BCUT2D eigenvalue weighted by molar-refractivity contribution is 5.94. The number of aromatic nitrogens is 2. The minimum Gasteiger partial charge on any atom is -0.493 e. The normalized spacial score (nSPS) is 10.7. The quantitative estimate of drug-likeness (QED) is 0.506. The van der Waals surface area contributed by atoms with E-state index < -0.39 is 0 Å². The Bertz CT molecular complexity index is 1340. The highest BCUT2D eigenvalue weighted by Gasteiger charge is 2.12. The van der Waals surface area contributed by atoms with Gasteiger partial charge in [-0.1, -0.05) is 18.2 Å². The van der Waals surface area contributed by atoms with E-state index >= 15 is 0 Å². The topological polar surface area (TPSA) is 82.5 Å². The van der Waals surface area contributed by atoms with Gasteiger partial charge in [0.1, 0.15) is 5.82 Å². The van der Waals surface area contributed by atoms with Crippen LogP contribution in [0.1, 0.15) is 21.7 Å². The standard InChI is InChI=1S/C25H23N3O4/c1-16-27-21-7-5-4-6-20(21)25(30)28(16)19-11-9-18(10-12-19)24(29)26-15-17-8-13-22(31-2)23(14-17)32-3/h4-14H,15H2,1-3H3,(H,26,29). The number of fused-ring (bicyclic) bond motifs is 1. The van der Waals surface area contributed by atoms with Crippen LogP contribution in [0.15, 0.2) is 71.5 Å². The number of nitrogens with zero attached hydrogens (tertiary/aromatic N) is 2. The fourth-order valence-electron chi connectivity index (χ4n) is 3.58. The van der Waals surface area contributed by atoms with Crippen LogP contribution in [0.3, 0.4) is 0 Å². The molecule has 1 amide bonds. The summed E-state index contributed by atoms with van der Waals surface area (Å²) in [4.78, 5) is 30.1. The molecule has 4 aromatic rings. The van der Waals surface area contributed by atoms with Crippen molar-refractivity contribution in [3.05, 3.63) is 94.0 Å². The predicted molar refractivity (Wildman–Crippen MR) is 123 cm³/mol. The van der Waals surface area contributed by atoms with Gasteiger partial charge in [-0.3, -0.25) is 14.2 Å². The number of ether oxygens (including phenoxy) is 2. The number of nitrogens with one attached hydrogen (secondary N) is 1. The number of hydrogen-bond donors (Lipinski definition) is 1. The van der Waals surface area contributed by atoms with E-state index in [9.17, 15) is 9.59 Å². The van der Waals surface area contributed by atoms with Crippen LogP contribution < -0.4 is 20.3 Å². The molecule has 0 saturated carbocycles. The van der Waals surface area contributed by atoms with E-state index in [1.807, 2.05) is 30.3 Å². The van der Waals surface area contributed by atoms with Crippen molar-refractivity contribution in [3.8, 4) is 17.2 Å². The molecule has 0 spiro atoms. The van der Waals surface area contributed by atoms with Gasteiger partial charge in [0.05, 0.1) is 30.8 Å². The molecule has 0 unspecified atom stereocenters. The Morgan fingerprint density at radius 3 is 2.41 bits per heavy atom. The highest BCUT2D eigenvalue weighted by atomic mass is 16.5. The molecule has 1 heterocycles. The van der Waals surface area contributed by atoms with Gasteiger partial charge in [0.15, 0.2) is 11.5 Å². The number of amides is 1. The third-order valence-electron chi connectivity index (χ3n) is 5.23. The summed E-state index contributed by atoms with van der Waals surface area (Å²) in [7, 11) is 3.15. The molecule has 162 valence electrons. The molecule has 0 atom stereocenters. The second-order valence-corrected chi connectivity index (χ2v) is 7.24. The van der Waals surface area contributed by atoms with E-state index in [0.29, 0.717) is 46.0 Å². The first-order valence-electron chi connectivity index (χ1n) is 10.1. The zero-order valence-electron chi connectivity index (χ0n) is 18.1. The molecule has 4 rings (SSSR count). The second kappa shape index (κ2) is 8.93. The highest BCUT2D eigenvalue weighted by Crippen LogP contribution is 2.27. The number of aryl methyl sites for hydroxylation is 1. The Morgan fingerprint density at radius 2 is 1.69 bits per heavy atom. The van der Waals surface area contributed by atoms with Gasteiger partial charge in [-0.25, -0.2) is 4.98 Å². The van der Waals surface area contributed by atoms with Crippen molar-refractivity contribution in [2.24, 2.45) is 0 Å². The molecule has 32 heavy (non-hydrogen) atoms. The summed E-state index contributed by atoms with van der Waals surface area (Å²) in [6.45, 7) is 2.13. The Morgan fingerprint density at radius 1 is 0.969 bits per heavy atom. The number of carbonyl (C=O) groups is 1. The van der Waals surface area contributed by atoms with Gasteiger partial charge in [-0.2, -0.15) is 0 Å². The molecule has 1 aromatic heterocycles. The first-order valence-corrected chi connectivity index (χ1v) is 10.1. The zero-order valence-corrected chi connectivity index (χ0v) is 18.1. The maximum absolute atomic E-state index is 13.0. The van der Waals surface area contributed by atoms with E-state index in [2.05, 4.69) is 10.3 Å². The van der Waals surface area contributed by atoms with Gasteiger partial charge in [-0.05, 0) is 61.0 Å². The van der Waals surface area contributed by atoms with E-state index in [1.165, 1.54) is 0 Å². The van der Waals surface area contributed by atoms with E-state index in [-0.39, 0.29) is 11.5 Å². The number of para-hydroxylation sites is 1. The third kappa shape index (κ3) is 4.05. The fraction of sp³-hybridized carbons (Fsp3) is 0.160. The largest absolute Gasteiger partial charge is 0.493 e. The molecule has 7 heteroatoms. The minimum absolute atomic E-state index is 0.140. The van der Waals surface area contributed by atoms with E-state index in [1.54, 1.807) is 62.1 Å². The summed E-state index contributed by atoms with van der Waals surface area (Å²) in [6.07, 6.45) is 0. The maximum atomic E-state index is 13.0. The van der Waals surface area contributed by atoms with Crippen LogP contribution in [0.25, 0.3) is 16.6 Å². The summed E-state index contributed by atoms with van der Waals surface area (Å²) in [5.41, 5.74) is 2.56. The van der Waals surface area contributed by atoms with Gasteiger partial charge in [0, 0.05) is 12.1 Å². The molecule has 7 nitrogen and oxygen atoms in total. The molecule has 0 aliphatic carbocycles. The molecule has 0 bridgehead atoms. The van der Waals surface area contributed by atoms with Crippen LogP contribution in [-0.2, 0) is 6.54 Å². The number of rotatable bonds is 6. The summed E-state index contributed by atoms with van der Waals surface area (Å²) >= 11 is 0. The lowest BCUT2D eigenvalue weighted by molar-refractivity contribution is 0.0951. The summed E-state index contributed by atoms with van der Waals surface area (Å²) in [5, 5.41) is 3.44. The van der Waals surface area contributed by atoms with Gasteiger partial charge < -0.3 is 14.8 Å². The smallest absolute Gasteiger partial charge is 0.265 e. The summed E-state index contributed by atoms with van der Waals surface area (Å²) in [5.74, 6) is 1.60. The third-order valence-corrected chi connectivity index (χ3v) is 5.23. The second-order valence-electron chi connectivity index (χ2n) is 7.24.